The fraction of sp³-hybridized carbons (Fsp3) is 0.333. The minimum absolute atomic E-state index is 0.608. The molecule has 1 heterocycles. The molecule has 0 unspecified atom stereocenters. The molecule has 0 saturated heterocycles. The highest BCUT2D eigenvalue weighted by molar-refractivity contribution is 5.47. The Hall–Kier alpha value is -1.02. The molecule has 2 nitrogen and oxygen atoms in total. The number of hydrogen-bond donors (Lipinski definition) is 1. The summed E-state index contributed by atoms with van der Waals surface area (Å²) in [4.78, 5) is 0. The predicted molar refractivity (Wildman–Crippen MR) is 46.0 cm³/mol. The summed E-state index contributed by atoms with van der Waals surface area (Å²) >= 11 is 0. The lowest BCUT2D eigenvalue weighted by Gasteiger charge is -1.96. The second-order valence-electron chi connectivity index (χ2n) is 2.38. The van der Waals surface area contributed by atoms with E-state index < -0.39 is 0 Å². The Kier molecular flexibility index (Phi) is 2.93. The third-order valence-electron chi connectivity index (χ3n) is 1.61. The van der Waals surface area contributed by atoms with Gasteiger partial charge in [-0.15, -0.1) is 0 Å². The molecule has 0 atom stereocenters. The van der Waals surface area contributed by atoms with Gasteiger partial charge in [0.05, 0.1) is 6.26 Å². The van der Waals surface area contributed by atoms with Crippen molar-refractivity contribution in [1.29, 1.82) is 0 Å². The van der Waals surface area contributed by atoms with Crippen LogP contribution >= 0.6 is 0 Å². The molecule has 0 fully saturated rings. The fourth-order valence-electron chi connectivity index (χ4n) is 0.880. The molecule has 0 amide bonds. The van der Waals surface area contributed by atoms with Crippen LogP contribution in [0.4, 0.5) is 0 Å². The summed E-state index contributed by atoms with van der Waals surface area (Å²) in [5.41, 5.74) is 6.70. The van der Waals surface area contributed by atoms with Crippen molar-refractivity contribution in [2.24, 2.45) is 5.73 Å². The maximum atomic E-state index is 5.49. The van der Waals surface area contributed by atoms with Crippen LogP contribution in [0.25, 0.3) is 6.08 Å². The Morgan fingerprint density at radius 3 is 3.00 bits per heavy atom. The molecular formula is C9H13NO. The summed E-state index contributed by atoms with van der Waals surface area (Å²) in [6, 6.07) is 3.79. The first-order chi connectivity index (χ1) is 5.36. The van der Waals surface area contributed by atoms with Crippen molar-refractivity contribution in [1.82, 2.24) is 0 Å². The number of furan rings is 1. The lowest BCUT2D eigenvalue weighted by molar-refractivity contribution is 0.556. The van der Waals surface area contributed by atoms with Crippen molar-refractivity contribution in [3.8, 4) is 0 Å². The van der Waals surface area contributed by atoms with E-state index in [0.717, 1.165) is 12.2 Å². The molecule has 1 aromatic rings. The lowest BCUT2D eigenvalue weighted by Crippen LogP contribution is -2.01. The van der Waals surface area contributed by atoms with Crippen molar-refractivity contribution in [2.75, 3.05) is 6.54 Å². The molecule has 0 bridgehead atoms. The highest BCUT2D eigenvalue weighted by Crippen LogP contribution is 2.08. The molecule has 0 saturated carbocycles. The lowest BCUT2D eigenvalue weighted by atomic mass is 10.2. The topological polar surface area (TPSA) is 39.2 Å². The zero-order valence-corrected chi connectivity index (χ0v) is 6.71. The molecule has 0 aromatic carbocycles. The van der Waals surface area contributed by atoms with Crippen LogP contribution in [0.3, 0.4) is 0 Å². The molecular weight excluding hydrogens is 138 g/mol. The second-order valence-corrected chi connectivity index (χ2v) is 2.38. The van der Waals surface area contributed by atoms with Crippen LogP contribution in [-0.2, 0) is 0 Å². The van der Waals surface area contributed by atoms with Gasteiger partial charge in [-0.1, -0.05) is 12.5 Å². The van der Waals surface area contributed by atoms with Gasteiger partial charge in [0.2, 0.25) is 0 Å². The quantitative estimate of drug-likeness (QED) is 0.717. The zero-order chi connectivity index (χ0) is 8.10. The Morgan fingerprint density at radius 1 is 1.73 bits per heavy atom. The van der Waals surface area contributed by atoms with Gasteiger partial charge in [0.25, 0.3) is 0 Å². The van der Waals surface area contributed by atoms with Crippen LogP contribution in [0.1, 0.15) is 19.1 Å². The van der Waals surface area contributed by atoms with Crippen LogP contribution in [-0.4, -0.2) is 6.54 Å². The van der Waals surface area contributed by atoms with Gasteiger partial charge in [-0.05, 0) is 24.6 Å². The molecule has 0 aliphatic heterocycles. The van der Waals surface area contributed by atoms with Gasteiger partial charge < -0.3 is 10.2 Å². The fourth-order valence-corrected chi connectivity index (χ4v) is 0.880. The van der Waals surface area contributed by atoms with E-state index in [-0.39, 0.29) is 0 Å². The minimum Gasteiger partial charge on any atom is -0.465 e. The number of hydrogen-bond acceptors (Lipinski definition) is 2. The van der Waals surface area contributed by atoms with Gasteiger partial charge in [0, 0.05) is 6.54 Å². The van der Waals surface area contributed by atoms with E-state index in [1.807, 2.05) is 18.2 Å². The van der Waals surface area contributed by atoms with Crippen molar-refractivity contribution in [3.63, 3.8) is 0 Å². The van der Waals surface area contributed by atoms with Crippen LogP contribution in [0.2, 0.25) is 0 Å². The average Bonchev–Trinajstić information content (AvgIpc) is 2.52. The highest BCUT2D eigenvalue weighted by atomic mass is 16.3. The summed E-state index contributed by atoms with van der Waals surface area (Å²) in [6.45, 7) is 2.69. The highest BCUT2D eigenvalue weighted by Gasteiger charge is 1.93. The van der Waals surface area contributed by atoms with Crippen LogP contribution < -0.4 is 5.73 Å². The van der Waals surface area contributed by atoms with E-state index >= 15 is 0 Å². The monoisotopic (exact) mass is 151 g/mol. The van der Waals surface area contributed by atoms with Gasteiger partial charge in [-0.25, -0.2) is 0 Å². The molecule has 60 valence electrons. The van der Waals surface area contributed by atoms with Gasteiger partial charge >= 0.3 is 0 Å². The summed E-state index contributed by atoms with van der Waals surface area (Å²) in [6.07, 6.45) is 4.63. The molecule has 0 radical (unpaired) electrons. The van der Waals surface area contributed by atoms with E-state index in [9.17, 15) is 0 Å². The molecule has 0 spiro atoms. The van der Waals surface area contributed by atoms with Crippen LogP contribution in [0.5, 0.6) is 0 Å². The van der Waals surface area contributed by atoms with Crippen LogP contribution in [0, 0.1) is 0 Å². The number of nitrogens with two attached hydrogens (primary N) is 1. The molecule has 1 aromatic heterocycles. The number of rotatable bonds is 3. The molecule has 0 aliphatic rings. The SMILES string of the molecule is CC/C(=C/c1ccco1)CN. The Morgan fingerprint density at radius 2 is 2.55 bits per heavy atom. The third-order valence-corrected chi connectivity index (χ3v) is 1.61. The summed E-state index contributed by atoms with van der Waals surface area (Å²) in [5.74, 6) is 0.882. The maximum Gasteiger partial charge on any atom is 0.126 e. The first-order valence-corrected chi connectivity index (χ1v) is 3.79. The van der Waals surface area contributed by atoms with Gasteiger partial charge in [-0.2, -0.15) is 0 Å². The van der Waals surface area contributed by atoms with Crippen molar-refractivity contribution in [3.05, 3.63) is 29.7 Å². The van der Waals surface area contributed by atoms with Crippen molar-refractivity contribution in [2.45, 2.75) is 13.3 Å². The smallest absolute Gasteiger partial charge is 0.126 e. The Labute approximate surface area is 66.7 Å². The molecule has 2 N–H and O–H groups in total. The van der Waals surface area contributed by atoms with Gasteiger partial charge in [-0.3, -0.25) is 0 Å². The minimum atomic E-state index is 0.608. The van der Waals surface area contributed by atoms with Gasteiger partial charge in [0.15, 0.2) is 0 Å². The van der Waals surface area contributed by atoms with Gasteiger partial charge in [0.1, 0.15) is 5.76 Å². The molecule has 1 rings (SSSR count). The van der Waals surface area contributed by atoms with Crippen molar-refractivity contribution < 1.29 is 4.42 Å². The largest absolute Gasteiger partial charge is 0.465 e. The predicted octanol–water partition coefficient (Wildman–Crippen LogP) is 2.03. The molecule has 2 heteroatoms. The maximum absolute atomic E-state index is 5.49. The first kappa shape index (κ1) is 8.08. The molecule has 11 heavy (non-hydrogen) atoms. The third kappa shape index (κ3) is 2.24. The van der Waals surface area contributed by atoms with E-state index in [0.29, 0.717) is 6.54 Å². The van der Waals surface area contributed by atoms with E-state index in [1.165, 1.54) is 5.57 Å². The van der Waals surface area contributed by atoms with E-state index in [4.69, 9.17) is 10.2 Å². The summed E-state index contributed by atoms with van der Waals surface area (Å²) in [7, 11) is 0. The van der Waals surface area contributed by atoms with E-state index in [1.54, 1.807) is 6.26 Å². The Bertz CT molecular complexity index is 218. The standard InChI is InChI=1S/C9H13NO/c1-2-8(7-10)6-9-4-3-5-11-9/h3-6H,2,7,10H2,1H3/b8-6-. The van der Waals surface area contributed by atoms with Crippen molar-refractivity contribution >= 4 is 6.08 Å². The zero-order valence-electron chi connectivity index (χ0n) is 6.71. The normalized spacial score (nSPS) is 12.0. The molecule has 0 aliphatic carbocycles. The first-order valence-electron chi connectivity index (χ1n) is 3.79. The Balaban J connectivity index is 2.71. The summed E-state index contributed by atoms with van der Waals surface area (Å²) < 4.78 is 5.14. The van der Waals surface area contributed by atoms with E-state index in [2.05, 4.69) is 6.92 Å². The summed E-state index contributed by atoms with van der Waals surface area (Å²) in [5, 5.41) is 0. The van der Waals surface area contributed by atoms with Crippen LogP contribution in [0.15, 0.2) is 28.4 Å². The second kappa shape index (κ2) is 3.98. The average molecular weight is 151 g/mol.